The molecule has 0 bridgehead atoms. The van der Waals surface area contributed by atoms with Gasteiger partial charge in [0, 0.05) is 13.1 Å². The number of nitrogens with zero attached hydrogens (tertiary/aromatic N) is 1. The highest BCUT2D eigenvalue weighted by Crippen LogP contribution is 2.20. The van der Waals surface area contributed by atoms with E-state index in [0.29, 0.717) is 0 Å². The van der Waals surface area contributed by atoms with Crippen molar-refractivity contribution < 1.29 is 0 Å². The van der Waals surface area contributed by atoms with Gasteiger partial charge >= 0.3 is 0 Å². The molecular weight excluding hydrogens is 338 g/mol. The summed E-state index contributed by atoms with van der Waals surface area (Å²) in [4.78, 5) is 2.87. The van der Waals surface area contributed by atoms with E-state index < -0.39 is 0 Å². The molecule has 1 nitrogen and oxygen atoms in total. The average Bonchev–Trinajstić information content (AvgIpc) is 2.72. The Balaban J connectivity index is 4.27. The Morgan fingerprint density at radius 1 is 0.464 bits per heavy atom. The molecule has 0 rings (SSSR count). The van der Waals surface area contributed by atoms with Crippen LogP contribution in [-0.2, 0) is 0 Å². The van der Waals surface area contributed by atoms with Crippen LogP contribution in [0.2, 0.25) is 0 Å². The van der Waals surface area contributed by atoms with Crippen LogP contribution in [0.3, 0.4) is 0 Å². The van der Waals surface area contributed by atoms with E-state index in [4.69, 9.17) is 0 Å². The van der Waals surface area contributed by atoms with Crippen molar-refractivity contribution in [3.8, 4) is 0 Å². The zero-order valence-corrected chi connectivity index (χ0v) is 20.7. The van der Waals surface area contributed by atoms with Crippen LogP contribution in [0.15, 0.2) is 0 Å². The lowest BCUT2D eigenvalue weighted by molar-refractivity contribution is 0.178. The van der Waals surface area contributed by atoms with Crippen LogP contribution in [0.4, 0.5) is 0 Å². The Kier molecular flexibility index (Phi) is 21.6. The minimum atomic E-state index is 0.919. The molecule has 0 saturated carbocycles. The Hall–Kier alpha value is -0.0400. The SMILES string of the molecule is CCCCCCCCCCCN(CC(CC)CCCC)CC(CC)CCCC. The molecule has 0 amide bonds. The summed E-state index contributed by atoms with van der Waals surface area (Å²) >= 11 is 0. The number of rotatable bonds is 22. The molecule has 0 radical (unpaired) electrons. The maximum Gasteiger partial charge on any atom is 0.000967 e. The van der Waals surface area contributed by atoms with E-state index in [1.807, 2.05) is 0 Å². The molecule has 28 heavy (non-hydrogen) atoms. The van der Waals surface area contributed by atoms with Crippen molar-refractivity contribution >= 4 is 0 Å². The third kappa shape index (κ3) is 16.9. The van der Waals surface area contributed by atoms with Gasteiger partial charge in [-0.05, 0) is 37.6 Å². The van der Waals surface area contributed by atoms with Crippen molar-refractivity contribution in [2.24, 2.45) is 11.8 Å². The predicted octanol–water partition coefficient (Wildman–Crippen LogP) is 9.25. The van der Waals surface area contributed by atoms with Crippen LogP contribution in [0.1, 0.15) is 144 Å². The Bertz CT molecular complexity index is 270. The molecule has 0 saturated heterocycles. The van der Waals surface area contributed by atoms with E-state index >= 15 is 0 Å². The second kappa shape index (κ2) is 21.7. The molecule has 0 heterocycles. The standard InChI is InChI=1S/C27H57N/c1-6-11-14-15-16-17-18-19-20-23-28(24-26(9-4)21-12-7-2)25-27(10-5)22-13-8-3/h26-27H,6-25H2,1-5H3. The van der Waals surface area contributed by atoms with Gasteiger partial charge in [-0.2, -0.15) is 0 Å². The van der Waals surface area contributed by atoms with Gasteiger partial charge in [0.25, 0.3) is 0 Å². The average molecular weight is 396 g/mol. The molecule has 2 unspecified atom stereocenters. The molecule has 0 aromatic heterocycles. The van der Waals surface area contributed by atoms with Crippen molar-refractivity contribution in [3.05, 3.63) is 0 Å². The monoisotopic (exact) mass is 395 g/mol. The van der Waals surface area contributed by atoms with Crippen molar-refractivity contribution in [1.82, 2.24) is 4.90 Å². The van der Waals surface area contributed by atoms with Gasteiger partial charge in [0.05, 0.1) is 0 Å². The highest BCUT2D eigenvalue weighted by atomic mass is 15.1. The first-order valence-electron chi connectivity index (χ1n) is 13.4. The number of unbranched alkanes of at least 4 members (excludes halogenated alkanes) is 10. The van der Waals surface area contributed by atoms with E-state index in [2.05, 4.69) is 39.5 Å². The third-order valence-electron chi connectivity index (χ3n) is 6.70. The Morgan fingerprint density at radius 2 is 0.857 bits per heavy atom. The second-order valence-corrected chi connectivity index (χ2v) is 9.42. The van der Waals surface area contributed by atoms with Crippen molar-refractivity contribution in [1.29, 1.82) is 0 Å². The maximum atomic E-state index is 2.87. The van der Waals surface area contributed by atoms with Gasteiger partial charge in [-0.3, -0.25) is 0 Å². The summed E-state index contributed by atoms with van der Waals surface area (Å²) in [7, 11) is 0. The number of hydrogen-bond donors (Lipinski definition) is 0. The third-order valence-corrected chi connectivity index (χ3v) is 6.70. The molecule has 0 aromatic carbocycles. The lowest BCUT2D eigenvalue weighted by Gasteiger charge is -2.30. The fourth-order valence-corrected chi connectivity index (χ4v) is 4.47. The Labute approximate surface area is 180 Å². The van der Waals surface area contributed by atoms with E-state index in [-0.39, 0.29) is 0 Å². The largest absolute Gasteiger partial charge is 0.303 e. The zero-order valence-electron chi connectivity index (χ0n) is 20.7. The van der Waals surface area contributed by atoms with Gasteiger partial charge < -0.3 is 4.90 Å². The first-order valence-corrected chi connectivity index (χ1v) is 13.4. The molecule has 2 atom stereocenters. The van der Waals surface area contributed by atoms with Crippen molar-refractivity contribution in [2.45, 2.75) is 144 Å². The van der Waals surface area contributed by atoms with E-state index in [9.17, 15) is 0 Å². The van der Waals surface area contributed by atoms with Crippen LogP contribution in [0, 0.1) is 11.8 Å². The molecule has 1 heteroatoms. The topological polar surface area (TPSA) is 3.24 Å². The van der Waals surface area contributed by atoms with E-state index in [1.165, 1.54) is 129 Å². The highest BCUT2D eigenvalue weighted by molar-refractivity contribution is 4.70. The molecular formula is C27H57N. The molecule has 0 fully saturated rings. The summed E-state index contributed by atoms with van der Waals surface area (Å²) < 4.78 is 0. The first kappa shape index (κ1) is 28.0. The molecule has 0 aliphatic rings. The van der Waals surface area contributed by atoms with Crippen LogP contribution < -0.4 is 0 Å². The number of hydrogen-bond acceptors (Lipinski definition) is 1. The second-order valence-electron chi connectivity index (χ2n) is 9.42. The molecule has 0 N–H and O–H groups in total. The normalized spacial score (nSPS) is 13.9. The van der Waals surface area contributed by atoms with Gasteiger partial charge in [0.15, 0.2) is 0 Å². The van der Waals surface area contributed by atoms with Crippen molar-refractivity contribution in [3.63, 3.8) is 0 Å². The zero-order chi connectivity index (χ0) is 20.9. The van der Waals surface area contributed by atoms with Gasteiger partial charge in [0.1, 0.15) is 0 Å². The molecule has 0 aliphatic heterocycles. The summed E-state index contributed by atoms with van der Waals surface area (Å²) in [5.41, 5.74) is 0. The van der Waals surface area contributed by atoms with E-state index in [0.717, 1.165) is 11.8 Å². The maximum absolute atomic E-state index is 2.87. The highest BCUT2D eigenvalue weighted by Gasteiger charge is 2.16. The summed E-state index contributed by atoms with van der Waals surface area (Å²) in [5, 5.41) is 0. The summed E-state index contributed by atoms with van der Waals surface area (Å²) in [6.07, 6.45) is 24.1. The van der Waals surface area contributed by atoms with Crippen LogP contribution in [0.25, 0.3) is 0 Å². The van der Waals surface area contributed by atoms with Crippen LogP contribution in [-0.4, -0.2) is 24.5 Å². The summed E-state index contributed by atoms with van der Waals surface area (Å²) in [6, 6.07) is 0. The van der Waals surface area contributed by atoms with Crippen LogP contribution >= 0.6 is 0 Å². The predicted molar refractivity (Wildman–Crippen MR) is 130 cm³/mol. The lowest BCUT2D eigenvalue weighted by atomic mass is 9.95. The smallest absolute Gasteiger partial charge is 0.000967 e. The summed E-state index contributed by atoms with van der Waals surface area (Å²) in [5.74, 6) is 1.84. The Morgan fingerprint density at radius 3 is 1.25 bits per heavy atom. The van der Waals surface area contributed by atoms with Gasteiger partial charge in [-0.15, -0.1) is 0 Å². The molecule has 0 spiro atoms. The summed E-state index contributed by atoms with van der Waals surface area (Å²) in [6.45, 7) is 15.9. The van der Waals surface area contributed by atoms with Gasteiger partial charge in [-0.1, -0.05) is 125 Å². The lowest BCUT2D eigenvalue weighted by Crippen LogP contribution is -2.35. The fourth-order valence-electron chi connectivity index (χ4n) is 4.47. The molecule has 170 valence electrons. The first-order chi connectivity index (χ1) is 13.7. The minimum Gasteiger partial charge on any atom is -0.303 e. The fraction of sp³-hybridized carbons (Fsp3) is 1.00. The minimum absolute atomic E-state index is 0.919. The van der Waals surface area contributed by atoms with E-state index in [1.54, 1.807) is 0 Å². The molecule has 0 aliphatic carbocycles. The molecule has 0 aromatic rings. The van der Waals surface area contributed by atoms with Crippen molar-refractivity contribution in [2.75, 3.05) is 19.6 Å². The van der Waals surface area contributed by atoms with Crippen LogP contribution in [0.5, 0.6) is 0 Å². The van der Waals surface area contributed by atoms with Gasteiger partial charge in [-0.25, -0.2) is 0 Å². The quantitative estimate of drug-likeness (QED) is 0.165. The van der Waals surface area contributed by atoms with Gasteiger partial charge in [0.2, 0.25) is 0 Å².